The molecular formula is C18H22N2O2. The highest BCUT2D eigenvalue weighted by molar-refractivity contribution is 6.23. The number of benzene rings is 1. The van der Waals surface area contributed by atoms with Crippen molar-refractivity contribution in [2.45, 2.75) is 38.6 Å². The van der Waals surface area contributed by atoms with Gasteiger partial charge in [0.25, 0.3) is 0 Å². The van der Waals surface area contributed by atoms with Crippen LogP contribution in [-0.4, -0.2) is 23.9 Å². The minimum Gasteiger partial charge on any atom is -0.309 e. The quantitative estimate of drug-likeness (QED) is 0.809. The molecule has 3 fully saturated rings. The highest BCUT2D eigenvalue weighted by atomic mass is 16.2. The third-order valence-electron chi connectivity index (χ3n) is 6.03. The molecule has 0 aromatic heterocycles. The molecule has 2 amide bonds. The van der Waals surface area contributed by atoms with Crippen molar-refractivity contribution in [1.29, 1.82) is 0 Å². The number of aryl methyl sites for hydroxylation is 1. The lowest BCUT2D eigenvalue weighted by Gasteiger charge is -2.34. The van der Waals surface area contributed by atoms with Crippen LogP contribution in [0.5, 0.6) is 0 Å². The normalized spacial score (nSPS) is 37.4. The summed E-state index contributed by atoms with van der Waals surface area (Å²) in [4.78, 5) is 27.3. The summed E-state index contributed by atoms with van der Waals surface area (Å²) in [5.41, 5.74) is 1.69. The monoisotopic (exact) mass is 298 g/mol. The molecule has 0 bridgehead atoms. The number of nitrogens with zero attached hydrogens (tertiary/aromatic N) is 1. The maximum absolute atomic E-state index is 13.1. The molecule has 1 aromatic carbocycles. The van der Waals surface area contributed by atoms with Gasteiger partial charge in [-0.2, -0.15) is 0 Å². The van der Waals surface area contributed by atoms with Crippen LogP contribution in [0.25, 0.3) is 0 Å². The van der Waals surface area contributed by atoms with E-state index in [-0.39, 0.29) is 29.2 Å². The van der Waals surface area contributed by atoms with Crippen molar-refractivity contribution in [2.24, 2.45) is 17.8 Å². The number of rotatable bonds is 1. The first-order valence-electron chi connectivity index (χ1n) is 8.24. The third-order valence-corrected chi connectivity index (χ3v) is 6.03. The van der Waals surface area contributed by atoms with Crippen LogP contribution in [0.4, 0.5) is 5.69 Å². The van der Waals surface area contributed by atoms with E-state index in [1.807, 2.05) is 31.2 Å². The lowest BCUT2D eigenvalue weighted by atomic mass is 9.75. The van der Waals surface area contributed by atoms with Crippen molar-refractivity contribution in [1.82, 2.24) is 5.32 Å². The van der Waals surface area contributed by atoms with Gasteiger partial charge in [0.05, 0.1) is 17.5 Å². The average Bonchev–Trinajstić information content (AvgIpc) is 3.13. The number of hydrogen-bond acceptors (Lipinski definition) is 3. The topological polar surface area (TPSA) is 49.4 Å². The lowest BCUT2D eigenvalue weighted by Crippen LogP contribution is -2.51. The molecule has 0 radical (unpaired) electrons. The molecule has 2 aliphatic heterocycles. The molecule has 4 unspecified atom stereocenters. The van der Waals surface area contributed by atoms with E-state index in [2.05, 4.69) is 12.2 Å². The van der Waals surface area contributed by atoms with Crippen molar-refractivity contribution in [2.75, 3.05) is 11.4 Å². The number of anilines is 1. The fourth-order valence-electron chi connectivity index (χ4n) is 4.80. The van der Waals surface area contributed by atoms with Gasteiger partial charge < -0.3 is 5.32 Å². The number of imide groups is 1. The van der Waals surface area contributed by atoms with Gasteiger partial charge in [0.2, 0.25) is 11.8 Å². The van der Waals surface area contributed by atoms with Crippen molar-refractivity contribution in [3.8, 4) is 0 Å². The molecule has 3 aliphatic rings. The predicted octanol–water partition coefficient (Wildman–Crippen LogP) is 2.26. The van der Waals surface area contributed by atoms with Gasteiger partial charge in [0, 0.05) is 12.1 Å². The van der Waals surface area contributed by atoms with Gasteiger partial charge in [-0.15, -0.1) is 0 Å². The van der Waals surface area contributed by atoms with Gasteiger partial charge in [-0.25, -0.2) is 4.90 Å². The molecule has 1 aromatic rings. The molecule has 1 saturated carbocycles. The van der Waals surface area contributed by atoms with Crippen LogP contribution in [0, 0.1) is 24.7 Å². The Morgan fingerprint density at radius 1 is 1.18 bits per heavy atom. The number of hydrogen-bond donors (Lipinski definition) is 1. The van der Waals surface area contributed by atoms with Gasteiger partial charge in [-0.3, -0.25) is 9.59 Å². The molecule has 4 heteroatoms. The summed E-state index contributed by atoms with van der Waals surface area (Å²) in [6.07, 6.45) is 3.29. The van der Waals surface area contributed by atoms with Crippen molar-refractivity contribution in [3.63, 3.8) is 0 Å². The largest absolute Gasteiger partial charge is 0.309 e. The van der Waals surface area contributed by atoms with Crippen LogP contribution in [0.15, 0.2) is 24.3 Å². The fourth-order valence-corrected chi connectivity index (χ4v) is 4.80. The van der Waals surface area contributed by atoms with Crippen molar-refractivity contribution >= 4 is 17.5 Å². The fraction of sp³-hybridized carbons (Fsp3) is 0.556. The predicted molar refractivity (Wildman–Crippen MR) is 84.4 cm³/mol. The number of fused-ring (bicyclic) bond motifs is 2. The molecule has 2 saturated heterocycles. The Bertz CT molecular complexity index is 639. The van der Waals surface area contributed by atoms with Crippen LogP contribution in [0.2, 0.25) is 0 Å². The second kappa shape index (κ2) is 4.66. The van der Waals surface area contributed by atoms with Crippen molar-refractivity contribution < 1.29 is 9.59 Å². The molecule has 1 aliphatic carbocycles. The Morgan fingerprint density at radius 3 is 2.55 bits per heavy atom. The number of nitrogens with one attached hydrogen (secondary N) is 1. The van der Waals surface area contributed by atoms with Crippen LogP contribution in [0.3, 0.4) is 0 Å². The minimum atomic E-state index is -0.186. The van der Waals surface area contributed by atoms with E-state index in [4.69, 9.17) is 0 Å². The van der Waals surface area contributed by atoms with Gasteiger partial charge in [-0.1, -0.05) is 31.0 Å². The Kier molecular flexibility index (Phi) is 2.95. The Labute approximate surface area is 130 Å². The summed E-state index contributed by atoms with van der Waals surface area (Å²) in [6.45, 7) is 4.86. The zero-order valence-corrected chi connectivity index (χ0v) is 13.1. The summed E-state index contributed by atoms with van der Waals surface area (Å²) in [5.74, 6) is 0.0605. The third kappa shape index (κ3) is 1.67. The maximum atomic E-state index is 13.1. The van der Waals surface area contributed by atoms with E-state index in [9.17, 15) is 9.59 Å². The molecule has 2 heterocycles. The molecule has 1 N–H and O–H groups in total. The smallest absolute Gasteiger partial charge is 0.239 e. The Hall–Kier alpha value is -1.68. The zero-order chi connectivity index (χ0) is 15.5. The van der Waals surface area contributed by atoms with E-state index in [0.29, 0.717) is 12.5 Å². The van der Waals surface area contributed by atoms with Crippen LogP contribution in [-0.2, 0) is 9.59 Å². The SMILES string of the molecule is Cc1ccc(N2C(=O)C3CNC4(CCCC4C)C3C2=O)cc1. The lowest BCUT2D eigenvalue weighted by molar-refractivity contribution is -0.123. The molecular weight excluding hydrogens is 276 g/mol. The summed E-state index contributed by atoms with van der Waals surface area (Å²) in [7, 11) is 0. The summed E-state index contributed by atoms with van der Waals surface area (Å²) < 4.78 is 0. The minimum absolute atomic E-state index is 0.00222. The van der Waals surface area contributed by atoms with E-state index >= 15 is 0 Å². The maximum Gasteiger partial charge on any atom is 0.239 e. The standard InChI is InChI=1S/C18H22N2O2/c1-11-5-7-13(8-6-11)20-16(21)14-10-19-18(15(14)17(20)22)9-3-4-12(18)2/h5-8,12,14-15,19H,3-4,9-10H2,1-2H3. The molecule has 116 valence electrons. The van der Waals surface area contributed by atoms with Gasteiger partial charge >= 0.3 is 0 Å². The summed E-state index contributed by atoms with van der Waals surface area (Å²) in [6, 6.07) is 7.67. The first-order valence-corrected chi connectivity index (χ1v) is 8.24. The molecule has 22 heavy (non-hydrogen) atoms. The highest BCUT2D eigenvalue weighted by Crippen LogP contribution is 2.51. The number of carbonyl (C=O) groups is 2. The van der Waals surface area contributed by atoms with Gasteiger partial charge in [0.1, 0.15) is 0 Å². The first kappa shape index (κ1) is 13.9. The number of carbonyl (C=O) groups excluding carboxylic acids is 2. The van der Waals surface area contributed by atoms with Gasteiger partial charge in [0.15, 0.2) is 0 Å². The van der Waals surface area contributed by atoms with E-state index < -0.39 is 0 Å². The summed E-state index contributed by atoms with van der Waals surface area (Å²) in [5, 5.41) is 3.56. The molecule has 4 atom stereocenters. The van der Waals surface area contributed by atoms with Gasteiger partial charge in [-0.05, 0) is 37.8 Å². The zero-order valence-electron chi connectivity index (χ0n) is 13.1. The second-order valence-electron chi connectivity index (χ2n) is 7.15. The average molecular weight is 298 g/mol. The van der Waals surface area contributed by atoms with Crippen LogP contribution in [0.1, 0.15) is 31.7 Å². The molecule has 1 spiro atoms. The molecule has 4 nitrogen and oxygen atoms in total. The van der Waals surface area contributed by atoms with Crippen LogP contribution < -0.4 is 10.2 Å². The Balaban J connectivity index is 1.72. The Morgan fingerprint density at radius 2 is 1.91 bits per heavy atom. The molecule has 4 rings (SSSR count). The number of amides is 2. The highest BCUT2D eigenvalue weighted by Gasteiger charge is 2.63. The second-order valence-corrected chi connectivity index (χ2v) is 7.15. The van der Waals surface area contributed by atoms with E-state index in [1.54, 1.807) is 0 Å². The van der Waals surface area contributed by atoms with Crippen LogP contribution >= 0.6 is 0 Å². The van der Waals surface area contributed by atoms with E-state index in [1.165, 1.54) is 4.90 Å². The van der Waals surface area contributed by atoms with Crippen molar-refractivity contribution in [3.05, 3.63) is 29.8 Å². The summed E-state index contributed by atoms with van der Waals surface area (Å²) >= 11 is 0. The first-order chi connectivity index (χ1) is 10.5. The van der Waals surface area contributed by atoms with E-state index in [0.717, 1.165) is 30.5 Å².